The van der Waals surface area contributed by atoms with Crippen molar-refractivity contribution in [1.82, 2.24) is 4.98 Å². The maximum Gasteiger partial charge on any atom is 0.433 e. The summed E-state index contributed by atoms with van der Waals surface area (Å²) in [7, 11) is 0. The van der Waals surface area contributed by atoms with E-state index in [2.05, 4.69) is 4.98 Å². The summed E-state index contributed by atoms with van der Waals surface area (Å²) in [6, 6.07) is 0.0921. The van der Waals surface area contributed by atoms with Gasteiger partial charge in [-0.2, -0.15) is 17.6 Å². The minimum atomic E-state index is -5.18. The van der Waals surface area contributed by atoms with Crippen LogP contribution in [-0.2, 0) is 6.18 Å². The van der Waals surface area contributed by atoms with E-state index in [0.29, 0.717) is 0 Å². The van der Waals surface area contributed by atoms with Crippen LogP contribution in [0.25, 0.3) is 11.1 Å². The average Bonchev–Trinajstić information content (AvgIpc) is 2.42. The number of aromatic nitrogens is 1. The second-order valence-electron chi connectivity index (χ2n) is 4.01. The van der Waals surface area contributed by atoms with E-state index in [1.807, 2.05) is 0 Å². The number of hydrogen-bond acceptors (Lipinski definition) is 1. The fourth-order valence-corrected chi connectivity index (χ4v) is 1.64. The monoisotopic (exact) mass is 331 g/mol. The topological polar surface area (TPSA) is 12.9 Å². The number of halogens is 9. The molecule has 0 spiro atoms. The highest BCUT2D eigenvalue weighted by atomic mass is 19.4. The zero-order valence-corrected chi connectivity index (χ0v) is 10.0. The van der Waals surface area contributed by atoms with E-state index in [0.717, 1.165) is 0 Å². The van der Waals surface area contributed by atoms with Crippen molar-refractivity contribution in [3.8, 4) is 11.1 Å². The van der Waals surface area contributed by atoms with Crippen LogP contribution >= 0.6 is 0 Å². The van der Waals surface area contributed by atoms with Gasteiger partial charge in [-0.05, 0) is 11.6 Å². The molecule has 0 saturated carbocycles. The lowest BCUT2D eigenvalue weighted by molar-refractivity contribution is -0.141. The van der Waals surface area contributed by atoms with Crippen molar-refractivity contribution in [3.63, 3.8) is 0 Å². The molecule has 0 fully saturated rings. The number of nitrogens with zero attached hydrogens (tertiary/aromatic N) is 1. The predicted octanol–water partition coefficient (Wildman–Crippen LogP) is 4.60. The van der Waals surface area contributed by atoms with E-state index < -0.39 is 58.0 Å². The van der Waals surface area contributed by atoms with Crippen LogP contribution in [0, 0.1) is 35.0 Å². The Morgan fingerprint density at radius 1 is 0.682 bits per heavy atom. The van der Waals surface area contributed by atoms with Gasteiger partial charge in [-0.15, -0.1) is 0 Å². The molecule has 0 amide bonds. The largest absolute Gasteiger partial charge is 0.433 e. The minimum Gasteiger partial charge on any atom is -0.215 e. The highest BCUT2D eigenvalue weighted by Gasteiger charge is 2.35. The van der Waals surface area contributed by atoms with Gasteiger partial charge in [0.05, 0.1) is 5.56 Å². The number of benzene rings is 1. The van der Waals surface area contributed by atoms with Crippen molar-refractivity contribution in [2.75, 3.05) is 0 Å². The summed E-state index contributed by atoms with van der Waals surface area (Å²) in [5.41, 5.74) is -4.75. The molecule has 0 aliphatic rings. The molecule has 1 nitrogen and oxygen atoms in total. The molecule has 0 unspecified atom stereocenters. The standard InChI is InChI=1S/C12H2F9N/c13-5-2-3(1-4(22-5)12(19,20)21)6-7(14)9(16)11(18)10(17)8(6)15/h1-2H. The second kappa shape index (κ2) is 5.18. The van der Waals surface area contributed by atoms with Crippen molar-refractivity contribution in [1.29, 1.82) is 0 Å². The third-order valence-corrected chi connectivity index (χ3v) is 2.58. The maximum atomic E-state index is 13.5. The van der Waals surface area contributed by atoms with Crippen LogP contribution in [0.3, 0.4) is 0 Å². The third kappa shape index (κ3) is 2.60. The SMILES string of the molecule is Fc1cc(-c2c(F)c(F)c(F)c(F)c2F)cc(C(F)(F)F)n1. The maximum absolute atomic E-state index is 13.5. The smallest absolute Gasteiger partial charge is 0.215 e. The van der Waals surface area contributed by atoms with Crippen molar-refractivity contribution in [2.24, 2.45) is 0 Å². The predicted molar refractivity (Wildman–Crippen MR) is 54.4 cm³/mol. The van der Waals surface area contributed by atoms with Gasteiger partial charge in [0, 0.05) is 6.07 Å². The van der Waals surface area contributed by atoms with Crippen LogP contribution < -0.4 is 0 Å². The van der Waals surface area contributed by atoms with Gasteiger partial charge in [0.1, 0.15) is 5.69 Å². The van der Waals surface area contributed by atoms with Gasteiger partial charge in [-0.3, -0.25) is 0 Å². The molecule has 1 aromatic heterocycles. The molecule has 0 aliphatic carbocycles. The van der Waals surface area contributed by atoms with Crippen LogP contribution in [0.5, 0.6) is 0 Å². The molecule has 0 radical (unpaired) electrons. The highest BCUT2D eigenvalue weighted by Crippen LogP contribution is 2.35. The normalized spacial score (nSPS) is 11.9. The summed E-state index contributed by atoms with van der Waals surface area (Å²) in [4.78, 5) is 2.45. The molecule has 118 valence electrons. The van der Waals surface area contributed by atoms with E-state index >= 15 is 0 Å². The molecule has 0 N–H and O–H groups in total. The Hall–Kier alpha value is -2.26. The molecule has 1 heterocycles. The van der Waals surface area contributed by atoms with E-state index in [-0.39, 0.29) is 12.1 Å². The lowest BCUT2D eigenvalue weighted by Gasteiger charge is -2.11. The molecule has 1 aromatic carbocycles. The van der Waals surface area contributed by atoms with Gasteiger partial charge in [0.2, 0.25) is 11.8 Å². The zero-order chi connectivity index (χ0) is 16.8. The molecule has 0 aliphatic heterocycles. The van der Waals surface area contributed by atoms with Crippen molar-refractivity contribution in [3.05, 3.63) is 52.9 Å². The first-order chi connectivity index (χ1) is 10.0. The van der Waals surface area contributed by atoms with Crippen molar-refractivity contribution >= 4 is 0 Å². The average molecular weight is 331 g/mol. The van der Waals surface area contributed by atoms with Gasteiger partial charge >= 0.3 is 6.18 Å². The molecule has 0 bridgehead atoms. The Bertz CT molecular complexity index is 722. The van der Waals surface area contributed by atoms with Crippen molar-refractivity contribution < 1.29 is 39.5 Å². The van der Waals surface area contributed by atoms with Gasteiger partial charge in [0.15, 0.2) is 23.3 Å². The van der Waals surface area contributed by atoms with Crippen LogP contribution in [0.15, 0.2) is 12.1 Å². The highest BCUT2D eigenvalue weighted by molar-refractivity contribution is 5.65. The van der Waals surface area contributed by atoms with Crippen LogP contribution in [0.4, 0.5) is 39.5 Å². The Balaban J connectivity index is 2.81. The molecule has 2 aromatic rings. The first-order valence-electron chi connectivity index (χ1n) is 5.30. The first-order valence-corrected chi connectivity index (χ1v) is 5.30. The first kappa shape index (κ1) is 16.1. The molecule has 0 atom stereocenters. The summed E-state index contributed by atoms with van der Waals surface area (Å²) >= 11 is 0. The summed E-state index contributed by atoms with van der Waals surface area (Å²) in [6.45, 7) is 0. The van der Waals surface area contributed by atoms with Gasteiger partial charge < -0.3 is 0 Å². The Labute approximate surface area is 116 Å². The third-order valence-electron chi connectivity index (χ3n) is 2.58. The summed E-state index contributed by atoms with van der Waals surface area (Å²) < 4.78 is 116. The Morgan fingerprint density at radius 3 is 1.59 bits per heavy atom. The van der Waals surface area contributed by atoms with Crippen LogP contribution in [-0.4, -0.2) is 4.98 Å². The lowest BCUT2D eigenvalue weighted by Crippen LogP contribution is -2.10. The van der Waals surface area contributed by atoms with Crippen LogP contribution in [0.1, 0.15) is 5.69 Å². The summed E-state index contributed by atoms with van der Waals surface area (Å²) in [6.07, 6.45) is -5.18. The van der Waals surface area contributed by atoms with Gasteiger partial charge in [0.25, 0.3) is 0 Å². The van der Waals surface area contributed by atoms with E-state index in [1.165, 1.54) is 0 Å². The van der Waals surface area contributed by atoms with Gasteiger partial charge in [-0.1, -0.05) is 0 Å². The number of hydrogen-bond donors (Lipinski definition) is 0. The number of alkyl halides is 3. The fraction of sp³-hybridized carbons (Fsp3) is 0.0833. The van der Waals surface area contributed by atoms with E-state index in [4.69, 9.17) is 0 Å². The van der Waals surface area contributed by atoms with Crippen LogP contribution in [0.2, 0.25) is 0 Å². The fourth-order valence-electron chi connectivity index (χ4n) is 1.64. The molecule has 2 rings (SSSR count). The summed E-state index contributed by atoms with van der Waals surface area (Å²) in [5.74, 6) is -13.8. The molecule has 22 heavy (non-hydrogen) atoms. The Morgan fingerprint density at radius 2 is 1.14 bits per heavy atom. The van der Waals surface area contributed by atoms with E-state index in [1.54, 1.807) is 0 Å². The number of rotatable bonds is 1. The van der Waals surface area contributed by atoms with Gasteiger partial charge in [-0.25, -0.2) is 26.9 Å². The minimum absolute atomic E-state index is 0.0264. The lowest BCUT2D eigenvalue weighted by atomic mass is 10.0. The molecular weight excluding hydrogens is 329 g/mol. The number of pyridine rings is 1. The van der Waals surface area contributed by atoms with Crippen molar-refractivity contribution in [2.45, 2.75) is 6.18 Å². The Kier molecular flexibility index (Phi) is 3.80. The molecule has 10 heteroatoms. The second-order valence-corrected chi connectivity index (χ2v) is 4.01. The molecule has 0 saturated heterocycles. The zero-order valence-electron chi connectivity index (χ0n) is 10.0. The summed E-state index contributed by atoms with van der Waals surface area (Å²) in [5, 5.41) is 0. The molecular formula is C12H2F9N. The van der Waals surface area contributed by atoms with E-state index in [9.17, 15) is 39.5 Å². The quantitative estimate of drug-likeness (QED) is 0.322.